The normalized spacial score (nSPS) is 15.9. The number of hydrogen-bond acceptors (Lipinski definition) is 3. The van der Waals surface area contributed by atoms with Crippen LogP contribution in [0.5, 0.6) is 5.75 Å². The van der Waals surface area contributed by atoms with Crippen LogP contribution in [-0.2, 0) is 6.42 Å². The topological polar surface area (TPSA) is 48.1 Å². The standard InChI is InChI=1S/C16H18N2O/c1-10-13(17)5-6-14(18-10)11-4-7-15-12(8-11)9-16(2,3)19-15/h4-8H,9,17H2,1-3H3. The summed E-state index contributed by atoms with van der Waals surface area (Å²) < 4.78 is 5.89. The van der Waals surface area contributed by atoms with Crippen LogP contribution >= 0.6 is 0 Å². The van der Waals surface area contributed by atoms with Crippen molar-refractivity contribution in [3.63, 3.8) is 0 Å². The van der Waals surface area contributed by atoms with E-state index in [0.717, 1.165) is 34.8 Å². The van der Waals surface area contributed by atoms with Crippen LogP contribution in [0.4, 0.5) is 5.69 Å². The maximum Gasteiger partial charge on any atom is 0.123 e. The molecular weight excluding hydrogens is 236 g/mol. The Bertz CT molecular complexity index is 647. The number of aryl methyl sites for hydroxylation is 1. The Labute approximate surface area is 113 Å². The number of fused-ring (bicyclic) bond motifs is 1. The molecule has 3 rings (SSSR count). The maximum absolute atomic E-state index is 5.89. The summed E-state index contributed by atoms with van der Waals surface area (Å²) in [4.78, 5) is 4.54. The van der Waals surface area contributed by atoms with Crippen molar-refractivity contribution in [1.29, 1.82) is 0 Å². The summed E-state index contributed by atoms with van der Waals surface area (Å²) in [5, 5.41) is 0. The molecule has 1 aromatic carbocycles. The second-order valence-corrected chi connectivity index (χ2v) is 5.73. The van der Waals surface area contributed by atoms with E-state index in [1.165, 1.54) is 5.56 Å². The van der Waals surface area contributed by atoms with E-state index in [1.807, 2.05) is 25.1 Å². The van der Waals surface area contributed by atoms with Crippen molar-refractivity contribution >= 4 is 5.69 Å². The van der Waals surface area contributed by atoms with Gasteiger partial charge in [0.05, 0.1) is 17.1 Å². The number of nitrogens with two attached hydrogens (primary N) is 1. The highest BCUT2D eigenvalue weighted by molar-refractivity contribution is 5.65. The van der Waals surface area contributed by atoms with Gasteiger partial charge in [-0.1, -0.05) is 0 Å². The van der Waals surface area contributed by atoms with Gasteiger partial charge >= 0.3 is 0 Å². The Balaban J connectivity index is 2.02. The minimum atomic E-state index is -0.106. The van der Waals surface area contributed by atoms with E-state index in [2.05, 4.69) is 31.0 Å². The summed E-state index contributed by atoms with van der Waals surface area (Å²) >= 11 is 0. The molecule has 1 aromatic heterocycles. The molecule has 0 unspecified atom stereocenters. The van der Waals surface area contributed by atoms with Gasteiger partial charge in [-0.05, 0) is 56.7 Å². The van der Waals surface area contributed by atoms with Crippen LogP contribution in [0, 0.1) is 6.92 Å². The molecule has 3 nitrogen and oxygen atoms in total. The average molecular weight is 254 g/mol. The molecule has 19 heavy (non-hydrogen) atoms. The predicted octanol–water partition coefficient (Wildman–Crippen LogP) is 3.35. The number of hydrogen-bond donors (Lipinski definition) is 1. The number of rotatable bonds is 1. The highest BCUT2D eigenvalue weighted by Gasteiger charge is 2.30. The van der Waals surface area contributed by atoms with E-state index in [4.69, 9.17) is 10.5 Å². The van der Waals surface area contributed by atoms with Gasteiger partial charge in [-0.3, -0.25) is 4.98 Å². The molecule has 0 amide bonds. The smallest absolute Gasteiger partial charge is 0.123 e. The lowest BCUT2D eigenvalue weighted by Crippen LogP contribution is -2.24. The third kappa shape index (κ3) is 2.16. The Morgan fingerprint density at radius 1 is 1.21 bits per heavy atom. The summed E-state index contributed by atoms with van der Waals surface area (Å²) in [6.45, 7) is 6.15. The molecule has 2 heterocycles. The summed E-state index contributed by atoms with van der Waals surface area (Å²) in [6.07, 6.45) is 0.935. The number of anilines is 1. The van der Waals surface area contributed by atoms with Gasteiger partial charge in [-0.2, -0.15) is 0 Å². The highest BCUT2D eigenvalue weighted by atomic mass is 16.5. The molecule has 1 aliphatic heterocycles. The Morgan fingerprint density at radius 3 is 2.74 bits per heavy atom. The van der Waals surface area contributed by atoms with Crippen LogP contribution in [0.15, 0.2) is 30.3 Å². The van der Waals surface area contributed by atoms with Crippen molar-refractivity contribution in [1.82, 2.24) is 4.98 Å². The fourth-order valence-corrected chi connectivity index (χ4v) is 2.50. The van der Waals surface area contributed by atoms with E-state index in [9.17, 15) is 0 Å². The van der Waals surface area contributed by atoms with Crippen molar-refractivity contribution in [3.8, 4) is 17.0 Å². The van der Waals surface area contributed by atoms with E-state index >= 15 is 0 Å². The van der Waals surface area contributed by atoms with Gasteiger partial charge < -0.3 is 10.5 Å². The molecule has 2 aromatic rings. The molecule has 0 saturated carbocycles. The summed E-state index contributed by atoms with van der Waals surface area (Å²) in [6, 6.07) is 10.1. The minimum absolute atomic E-state index is 0.106. The number of benzene rings is 1. The second-order valence-electron chi connectivity index (χ2n) is 5.73. The van der Waals surface area contributed by atoms with Gasteiger partial charge in [0.15, 0.2) is 0 Å². The van der Waals surface area contributed by atoms with E-state index in [-0.39, 0.29) is 5.60 Å². The van der Waals surface area contributed by atoms with E-state index in [1.54, 1.807) is 0 Å². The molecule has 0 saturated heterocycles. The second kappa shape index (κ2) is 3.98. The number of nitrogen functional groups attached to an aromatic ring is 1. The summed E-state index contributed by atoms with van der Waals surface area (Å²) in [5.74, 6) is 0.987. The Morgan fingerprint density at radius 2 is 2.00 bits per heavy atom. The molecule has 98 valence electrons. The molecule has 0 aliphatic carbocycles. The first-order chi connectivity index (χ1) is 8.94. The molecule has 0 spiro atoms. The van der Waals surface area contributed by atoms with Crippen molar-refractivity contribution in [3.05, 3.63) is 41.6 Å². The fourth-order valence-electron chi connectivity index (χ4n) is 2.50. The van der Waals surface area contributed by atoms with Crippen LogP contribution < -0.4 is 10.5 Å². The first-order valence-corrected chi connectivity index (χ1v) is 6.50. The summed E-state index contributed by atoms with van der Waals surface area (Å²) in [5.41, 5.74) is 10.6. The Kier molecular flexibility index (Phi) is 2.52. The van der Waals surface area contributed by atoms with Crippen LogP contribution in [0.1, 0.15) is 25.1 Å². The van der Waals surface area contributed by atoms with Crippen LogP contribution in [0.2, 0.25) is 0 Å². The molecular formula is C16H18N2O. The zero-order chi connectivity index (χ0) is 13.6. The molecule has 3 heteroatoms. The number of ether oxygens (including phenoxy) is 1. The first-order valence-electron chi connectivity index (χ1n) is 6.50. The third-order valence-corrected chi connectivity index (χ3v) is 3.49. The lowest BCUT2D eigenvalue weighted by atomic mass is 9.99. The zero-order valence-corrected chi connectivity index (χ0v) is 11.5. The van der Waals surface area contributed by atoms with Gasteiger partial charge in [-0.25, -0.2) is 0 Å². The van der Waals surface area contributed by atoms with Crippen molar-refractivity contribution in [2.45, 2.75) is 32.8 Å². The van der Waals surface area contributed by atoms with Crippen molar-refractivity contribution < 1.29 is 4.74 Å². The molecule has 0 radical (unpaired) electrons. The summed E-state index contributed by atoms with van der Waals surface area (Å²) in [7, 11) is 0. The zero-order valence-electron chi connectivity index (χ0n) is 11.5. The number of aromatic nitrogens is 1. The molecule has 2 N–H and O–H groups in total. The average Bonchev–Trinajstić information content (AvgIpc) is 2.65. The predicted molar refractivity (Wildman–Crippen MR) is 77.2 cm³/mol. The van der Waals surface area contributed by atoms with Gasteiger partial charge in [0.1, 0.15) is 11.4 Å². The fraction of sp³-hybridized carbons (Fsp3) is 0.312. The largest absolute Gasteiger partial charge is 0.487 e. The lowest BCUT2D eigenvalue weighted by molar-refractivity contribution is 0.138. The molecule has 1 aliphatic rings. The lowest BCUT2D eigenvalue weighted by Gasteiger charge is -2.16. The van der Waals surface area contributed by atoms with Gasteiger partial charge in [-0.15, -0.1) is 0 Å². The Hall–Kier alpha value is -2.03. The molecule has 0 bridgehead atoms. The maximum atomic E-state index is 5.89. The van der Waals surface area contributed by atoms with Crippen molar-refractivity contribution in [2.75, 3.05) is 5.73 Å². The number of pyridine rings is 1. The van der Waals surface area contributed by atoms with E-state index < -0.39 is 0 Å². The van der Waals surface area contributed by atoms with Crippen LogP contribution in [0.25, 0.3) is 11.3 Å². The SMILES string of the molecule is Cc1nc(-c2ccc3c(c2)CC(C)(C)O3)ccc1N. The van der Waals surface area contributed by atoms with E-state index in [0.29, 0.717) is 0 Å². The van der Waals surface area contributed by atoms with Gasteiger partial charge in [0.25, 0.3) is 0 Å². The molecule has 0 atom stereocenters. The van der Waals surface area contributed by atoms with Crippen LogP contribution in [0.3, 0.4) is 0 Å². The highest BCUT2D eigenvalue weighted by Crippen LogP contribution is 2.37. The third-order valence-electron chi connectivity index (χ3n) is 3.49. The van der Waals surface area contributed by atoms with Crippen molar-refractivity contribution in [2.24, 2.45) is 0 Å². The van der Waals surface area contributed by atoms with Gasteiger partial charge in [0, 0.05) is 12.0 Å². The first kappa shape index (κ1) is 12.0. The monoisotopic (exact) mass is 254 g/mol. The number of nitrogens with zero attached hydrogens (tertiary/aromatic N) is 1. The quantitative estimate of drug-likeness (QED) is 0.849. The van der Waals surface area contributed by atoms with Crippen LogP contribution in [-0.4, -0.2) is 10.6 Å². The van der Waals surface area contributed by atoms with Gasteiger partial charge in [0.2, 0.25) is 0 Å². The minimum Gasteiger partial charge on any atom is -0.487 e. The molecule has 0 fully saturated rings.